The fourth-order valence-corrected chi connectivity index (χ4v) is 3.81. The molecule has 21 heavy (non-hydrogen) atoms. The summed E-state index contributed by atoms with van der Waals surface area (Å²) < 4.78 is 0. The van der Waals surface area contributed by atoms with Crippen LogP contribution in [0.25, 0.3) is 0 Å². The quantitative estimate of drug-likeness (QED) is 0.864. The number of rotatable bonds is 4. The van der Waals surface area contributed by atoms with Crippen LogP contribution in [0.3, 0.4) is 0 Å². The molecule has 2 fully saturated rings. The summed E-state index contributed by atoms with van der Waals surface area (Å²) in [6.45, 7) is 7.25. The van der Waals surface area contributed by atoms with E-state index in [2.05, 4.69) is 28.0 Å². The molecule has 0 spiro atoms. The maximum absolute atomic E-state index is 5.86. The largest absolute Gasteiger partial charge is 0.399 e. The van der Waals surface area contributed by atoms with E-state index in [1.807, 2.05) is 6.07 Å². The van der Waals surface area contributed by atoms with Gasteiger partial charge >= 0.3 is 0 Å². The van der Waals surface area contributed by atoms with Crippen molar-refractivity contribution in [3.8, 4) is 0 Å². The molecular weight excluding hydrogens is 258 g/mol. The predicted octanol–water partition coefficient (Wildman–Crippen LogP) is 2.97. The van der Waals surface area contributed by atoms with Crippen molar-refractivity contribution in [3.63, 3.8) is 0 Å². The molecular formula is C18H29N3. The van der Waals surface area contributed by atoms with Crippen molar-refractivity contribution >= 4 is 5.69 Å². The Balaban J connectivity index is 1.42. The molecule has 1 aromatic carbocycles. The first-order chi connectivity index (χ1) is 10.3. The van der Waals surface area contributed by atoms with Gasteiger partial charge in [0.1, 0.15) is 0 Å². The molecule has 3 heteroatoms. The van der Waals surface area contributed by atoms with Crippen molar-refractivity contribution in [2.24, 2.45) is 5.92 Å². The fourth-order valence-electron chi connectivity index (χ4n) is 3.81. The van der Waals surface area contributed by atoms with E-state index in [1.54, 1.807) is 0 Å². The molecule has 1 aliphatic carbocycles. The topological polar surface area (TPSA) is 32.5 Å². The van der Waals surface area contributed by atoms with Crippen LogP contribution in [0.5, 0.6) is 0 Å². The van der Waals surface area contributed by atoms with Gasteiger partial charge in [0.25, 0.3) is 0 Å². The maximum Gasteiger partial charge on any atom is 0.0317 e. The highest BCUT2D eigenvalue weighted by molar-refractivity contribution is 5.40. The van der Waals surface area contributed by atoms with Crippen LogP contribution in [0.2, 0.25) is 0 Å². The maximum atomic E-state index is 5.86. The first-order valence-electron chi connectivity index (χ1n) is 8.59. The highest BCUT2D eigenvalue weighted by Gasteiger charge is 2.21. The van der Waals surface area contributed by atoms with Gasteiger partial charge in [-0.05, 0) is 36.5 Å². The lowest BCUT2D eigenvalue weighted by molar-refractivity contribution is 0.105. The van der Waals surface area contributed by atoms with E-state index in [0.29, 0.717) is 0 Å². The summed E-state index contributed by atoms with van der Waals surface area (Å²) in [5.41, 5.74) is 8.08. The highest BCUT2D eigenvalue weighted by atomic mass is 15.3. The molecule has 1 saturated carbocycles. The summed E-state index contributed by atoms with van der Waals surface area (Å²) in [6.07, 6.45) is 7.30. The van der Waals surface area contributed by atoms with Gasteiger partial charge in [0, 0.05) is 45.0 Å². The molecule has 2 aliphatic rings. The summed E-state index contributed by atoms with van der Waals surface area (Å²) in [5.74, 6) is 0.972. The number of hydrogen-bond donors (Lipinski definition) is 1. The lowest BCUT2D eigenvalue weighted by Crippen LogP contribution is -2.47. The molecule has 0 aromatic heterocycles. The smallest absolute Gasteiger partial charge is 0.0317 e. The number of benzene rings is 1. The molecule has 0 amide bonds. The van der Waals surface area contributed by atoms with E-state index >= 15 is 0 Å². The zero-order chi connectivity index (χ0) is 14.5. The molecule has 0 unspecified atom stereocenters. The van der Waals surface area contributed by atoms with Crippen molar-refractivity contribution in [1.29, 1.82) is 0 Å². The van der Waals surface area contributed by atoms with Gasteiger partial charge in [-0.15, -0.1) is 0 Å². The predicted molar refractivity (Wildman–Crippen MR) is 89.1 cm³/mol. The third-order valence-electron chi connectivity index (χ3n) is 5.06. The molecule has 2 N–H and O–H groups in total. The zero-order valence-corrected chi connectivity index (χ0v) is 13.1. The third-order valence-corrected chi connectivity index (χ3v) is 5.06. The molecule has 0 bridgehead atoms. The molecule has 3 rings (SSSR count). The first-order valence-corrected chi connectivity index (χ1v) is 8.59. The van der Waals surface area contributed by atoms with E-state index < -0.39 is 0 Å². The van der Waals surface area contributed by atoms with Gasteiger partial charge in [0.15, 0.2) is 0 Å². The molecule has 116 valence electrons. The summed E-state index contributed by atoms with van der Waals surface area (Å²) in [4.78, 5) is 5.25. The minimum absolute atomic E-state index is 0.878. The average molecular weight is 287 g/mol. The Labute approximate surface area is 129 Å². The van der Waals surface area contributed by atoms with E-state index in [0.717, 1.165) is 18.2 Å². The zero-order valence-electron chi connectivity index (χ0n) is 13.1. The van der Waals surface area contributed by atoms with E-state index in [-0.39, 0.29) is 0 Å². The van der Waals surface area contributed by atoms with Crippen molar-refractivity contribution in [2.45, 2.75) is 38.6 Å². The van der Waals surface area contributed by atoms with Gasteiger partial charge in [0.05, 0.1) is 0 Å². The van der Waals surface area contributed by atoms with Gasteiger partial charge in [-0.25, -0.2) is 0 Å². The van der Waals surface area contributed by atoms with Crippen LogP contribution in [0.1, 0.15) is 37.7 Å². The number of piperazine rings is 1. The van der Waals surface area contributed by atoms with Crippen molar-refractivity contribution in [2.75, 3.05) is 38.5 Å². The highest BCUT2D eigenvalue weighted by Crippen LogP contribution is 2.24. The van der Waals surface area contributed by atoms with Crippen molar-refractivity contribution in [1.82, 2.24) is 9.80 Å². The SMILES string of the molecule is Nc1cccc(CN2CCN(CC3CCCCC3)CC2)c1. The van der Waals surface area contributed by atoms with Crippen LogP contribution >= 0.6 is 0 Å². The second kappa shape index (κ2) is 7.28. The van der Waals surface area contributed by atoms with Crippen molar-refractivity contribution in [3.05, 3.63) is 29.8 Å². The van der Waals surface area contributed by atoms with Gasteiger partial charge in [0.2, 0.25) is 0 Å². The molecule has 1 aliphatic heterocycles. The molecule has 0 radical (unpaired) electrons. The fraction of sp³-hybridized carbons (Fsp3) is 0.667. The Bertz CT molecular complexity index is 432. The Morgan fingerprint density at radius 3 is 2.38 bits per heavy atom. The monoisotopic (exact) mass is 287 g/mol. The number of hydrogen-bond acceptors (Lipinski definition) is 3. The molecule has 0 atom stereocenters. The lowest BCUT2D eigenvalue weighted by atomic mass is 9.89. The van der Waals surface area contributed by atoms with Gasteiger partial charge in [-0.3, -0.25) is 4.90 Å². The molecule has 1 aromatic rings. The minimum atomic E-state index is 0.878. The minimum Gasteiger partial charge on any atom is -0.399 e. The second-order valence-corrected chi connectivity index (χ2v) is 6.83. The van der Waals surface area contributed by atoms with Gasteiger partial charge in [-0.1, -0.05) is 31.4 Å². The van der Waals surface area contributed by atoms with E-state index in [4.69, 9.17) is 5.73 Å². The average Bonchev–Trinajstić information content (AvgIpc) is 2.50. The second-order valence-electron chi connectivity index (χ2n) is 6.83. The Hall–Kier alpha value is -1.06. The number of nitrogens with two attached hydrogens (primary N) is 1. The molecule has 1 heterocycles. The van der Waals surface area contributed by atoms with Crippen LogP contribution in [0, 0.1) is 5.92 Å². The van der Waals surface area contributed by atoms with Crippen LogP contribution in [-0.2, 0) is 6.54 Å². The normalized spacial score (nSPS) is 22.5. The lowest BCUT2D eigenvalue weighted by Gasteiger charge is -2.37. The van der Waals surface area contributed by atoms with Gasteiger partial charge < -0.3 is 10.6 Å². The van der Waals surface area contributed by atoms with E-state index in [9.17, 15) is 0 Å². The molecule has 1 saturated heterocycles. The molecule has 3 nitrogen and oxygen atoms in total. The summed E-state index contributed by atoms with van der Waals surface area (Å²) >= 11 is 0. The van der Waals surface area contributed by atoms with Crippen LogP contribution in [0.15, 0.2) is 24.3 Å². The number of nitrogen functional groups attached to an aromatic ring is 1. The third kappa shape index (κ3) is 4.45. The summed E-state index contributed by atoms with van der Waals surface area (Å²) in [7, 11) is 0. The Kier molecular flexibility index (Phi) is 5.15. The Morgan fingerprint density at radius 1 is 0.952 bits per heavy atom. The van der Waals surface area contributed by atoms with Crippen LogP contribution < -0.4 is 5.73 Å². The summed E-state index contributed by atoms with van der Waals surface area (Å²) in [5, 5.41) is 0. The van der Waals surface area contributed by atoms with Gasteiger partial charge in [-0.2, -0.15) is 0 Å². The number of nitrogens with zero attached hydrogens (tertiary/aromatic N) is 2. The Morgan fingerprint density at radius 2 is 1.67 bits per heavy atom. The van der Waals surface area contributed by atoms with E-state index in [1.165, 1.54) is 70.4 Å². The summed E-state index contributed by atoms with van der Waals surface area (Å²) in [6, 6.07) is 8.31. The first kappa shape index (κ1) is 14.9. The van der Waals surface area contributed by atoms with Crippen molar-refractivity contribution < 1.29 is 0 Å². The number of anilines is 1. The van der Waals surface area contributed by atoms with Crippen LogP contribution in [-0.4, -0.2) is 42.5 Å². The van der Waals surface area contributed by atoms with Crippen LogP contribution in [0.4, 0.5) is 5.69 Å². The standard InChI is InChI=1S/C18H29N3/c19-18-8-4-7-17(13-18)15-21-11-9-20(10-12-21)14-16-5-2-1-3-6-16/h4,7-8,13,16H,1-3,5-6,9-12,14-15,19H2.